The molecule has 0 bridgehead atoms. The van der Waals surface area contributed by atoms with Gasteiger partial charge in [0, 0.05) is 12.7 Å². The van der Waals surface area contributed by atoms with E-state index in [0.717, 1.165) is 38.4 Å². The van der Waals surface area contributed by atoms with Crippen LogP contribution in [0.3, 0.4) is 0 Å². The zero-order valence-corrected chi connectivity index (χ0v) is 11.4. The summed E-state index contributed by atoms with van der Waals surface area (Å²) in [6, 6.07) is 3.38. The summed E-state index contributed by atoms with van der Waals surface area (Å²) in [5.41, 5.74) is -0.713. The van der Waals surface area contributed by atoms with Crippen molar-refractivity contribution in [2.45, 2.75) is 31.8 Å². The maximum Gasteiger partial charge on any atom is 0.317 e. The van der Waals surface area contributed by atoms with Crippen LogP contribution in [0.25, 0.3) is 0 Å². The number of non-ortho nitro benzene ring substituents is 1. The molecule has 2 rings (SSSR count). The Hall–Kier alpha value is -2.22. The average molecular weight is 296 g/mol. The summed E-state index contributed by atoms with van der Waals surface area (Å²) in [7, 11) is 0. The third-order valence-corrected chi connectivity index (χ3v) is 3.30. The van der Waals surface area contributed by atoms with Crippen LogP contribution in [0.5, 0.6) is 5.75 Å². The van der Waals surface area contributed by atoms with Crippen molar-refractivity contribution in [3.05, 3.63) is 38.4 Å². The van der Waals surface area contributed by atoms with Crippen LogP contribution in [-0.4, -0.2) is 29.2 Å². The lowest BCUT2D eigenvalue weighted by Gasteiger charge is -2.10. The van der Waals surface area contributed by atoms with Crippen LogP contribution in [-0.2, 0) is 4.74 Å². The molecule has 1 saturated heterocycles. The fourth-order valence-corrected chi connectivity index (χ4v) is 2.25. The lowest BCUT2D eigenvalue weighted by Crippen LogP contribution is -2.08. The maximum absolute atomic E-state index is 10.9. The van der Waals surface area contributed by atoms with Crippen molar-refractivity contribution in [3.8, 4) is 5.75 Å². The molecule has 1 aromatic rings. The zero-order valence-electron chi connectivity index (χ0n) is 11.4. The fraction of sp³-hybridized carbons (Fsp3) is 0.538. The van der Waals surface area contributed by atoms with Gasteiger partial charge < -0.3 is 9.47 Å². The normalized spacial score (nSPS) is 17.6. The maximum atomic E-state index is 10.9. The second-order valence-corrected chi connectivity index (χ2v) is 4.79. The van der Waals surface area contributed by atoms with Gasteiger partial charge in [-0.25, -0.2) is 0 Å². The molecule has 0 N–H and O–H groups in total. The molecule has 0 aromatic heterocycles. The summed E-state index contributed by atoms with van der Waals surface area (Å²) in [5, 5.41) is 21.5. The minimum absolute atomic E-state index is 0.0536. The van der Waals surface area contributed by atoms with Crippen molar-refractivity contribution in [1.29, 1.82) is 0 Å². The van der Waals surface area contributed by atoms with Crippen LogP contribution in [0.15, 0.2) is 18.2 Å². The first kappa shape index (κ1) is 15.2. The average Bonchev–Trinajstić information content (AvgIpc) is 2.96. The predicted molar refractivity (Wildman–Crippen MR) is 73.5 cm³/mol. The summed E-state index contributed by atoms with van der Waals surface area (Å²) in [4.78, 5) is 20.2. The molecule has 21 heavy (non-hydrogen) atoms. The van der Waals surface area contributed by atoms with Crippen LogP contribution in [0.4, 0.5) is 11.4 Å². The monoisotopic (exact) mass is 296 g/mol. The smallest absolute Gasteiger partial charge is 0.317 e. The standard InChI is InChI=1S/C13H16N2O6/c16-14(17)10-5-6-13(12(9-10)15(18)19)21-8-2-4-11-3-1-7-20-11/h5-6,9,11H,1-4,7-8H2/t11-/m1/s1. The van der Waals surface area contributed by atoms with E-state index in [-0.39, 0.29) is 23.2 Å². The SMILES string of the molecule is O=[N+]([O-])c1ccc(OCCC[C@H]2CCCO2)c([N+](=O)[O-])c1. The van der Waals surface area contributed by atoms with E-state index in [1.165, 1.54) is 12.1 Å². The van der Waals surface area contributed by atoms with Crippen LogP contribution < -0.4 is 4.74 Å². The van der Waals surface area contributed by atoms with E-state index in [1.807, 2.05) is 0 Å². The first-order valence-corrected chi connectivity index (χ1v) is 6.75. The highest BCUT2D eigenvalue weighted by Gasteiger charge is 2.21. The molecule has 1 heterocycles. The largest absolute Gasteiger partial charge is 0.487 e. The van der Waals surface area contributed by atoms with Gasteiger partial charge >= 0.3 is 5.69 Å². The van der Waals surface area contributed by atoms with Gasteiger partial charge in [-0.15, -0.1) is 0 Å². The molecule has 0 saturated carbocycles. The summed E-state index contributed by atoms with van der Waals surface area (Å²) >= 11 is 0. The third kappa shape index (κ3) is 4.12. The van der Waals surface area contributed by atoms with Gasteiger partial charge in [0.1, 0.15) is 0 Å². The quantitative estimate of drug-likeness (QED) is 0.435. The number of rotatable bonds is 7. The van der Waals surface area contributed by atoms with E-state index in [4.69, 9.17) is 9.47 Å². The Labute approximate surface area is 121 Å². The second-order valence-electron chi connectivity index (χ2n) is 4.79. The highest BCUT2D eigenvalue weighted by atomic mass is 16.6. The van der Waals surface area contributed by atoms with Gasteiger partial charge in [-0.1, -0.05) is 0 Å². The molecule has 0 amide bonds. The highest BCUT2D eigenvalue weighted by molar-refractivity contribution is 5.53. The molecule has 0 unspecified atom stereocenters. The van der Waals surface area contributed by atoms with E-state index >= 15 is 0 Å². The number of nitrogens with zero attached hydrogens (tertiary/aromatic N) is 2. The molecular formula is C13H16N2O6. The Morgan fingerprint density at radius 3 is 2.71 bits per heavy atom. The van der Waals surface area contributed by atoms with E-state index in [1.54, 1.807) is 0 Å². The van der Waals surface area contributed by atoms with Crippen molar-refractivity contribution >= 4 is 11.4 Å². The van der Waals surface area contributed by atoms with Crippen molar-refractivity contribution in [2.75, 3.05) is 13.2 Å². The Balaban J connectivity index is 1.92. The van der Waals surface area contributed by atoms with Crippen LogP contribution in [0, 0.1) is 20.2 Å². The molecular weight excluding hydrogens is 280 g/mol. The fourth-order valence-electron chi connectivity index (χ4n) is 2.25. The zero-order chi connectivity index (χ0) is 15.2. The number of hydrogen-bond acceptors (Lipinski definition) is 6. The highest BCUT2D eigenvalue weighted by Crippen LogP contribution is 2.31. The van der Waals surface area contributed by atoms with Crippen LogP contribution in [0.1, 0.15) is 25.7 Å². The Bertz CT molecular complexity index is 527. The summed E-state index contributed by atoms with van der Waals surface area (Å²) in [6.45, 7) is 1.11. The van der Waals surface area contributed by atoms with Crippen molar-refractivity contribution < 1.29 is 19.3 Å². The number of hydrogen-bond donors (Lipinski definition) is 0. The van der Waals surface area contributed by atoms with E-state index in [9.17, 15) is 20.2 Å². The molecule has 8 nitrogen and oxygen atoms in total. The van der Waals surface area contributed by atoms with Gasteiger partial charge in [-0.2, -0.15) is 0 Å². The van der Waals surface area contributed by atoms with Crippen LogP contribution >= 0.6 is 0 Å². The number of ether oxygens (including phenoxy) is 2. The Kier molecular flexibility index (Phi) is 5.04. The molecule has 1 fully saturated rings. The van der Waals surface area contributed by atoms with Gasteiger partial charge in [-0.3, -0.25) is 20.2 Å². The first-order valence-electron chi connectivity index (χ1n) is 6.75. The van der Waals surface area contributed by atoms with Gasteiger partial charge in [0.05, 0.1) is 28.6 Å². The topological polar surface area (TPSA) is 105 Å². The lowest BCUT2D eigenvalue weighted by atomic mass is 10.1. The van der Waals surface area contributed by atoms with E-state index < -0.39 is 9.85 Å². The first-order chi connectivity index (χ1) is 10.1. The summed E-state index contributed by atoms with van der Waals surface area (Å²) in [5.74, 6) is 0.0536. The minimum Gasteiger partial charge on any atom is -0.487 e. The van der Waals surface area contributed by atoms with Crippen molar-refractivity contribution in [2.24, 2.45) is 0 Å². The molecule has 0 aliphatic carbocycles. The molecule has 1 aromatic carbocycles. The minimum atomic E-state index is -0.678. The van der Waals surface area contributed by atoms with Crippen LogP contribution in [0.2, 0.25) is 0 Å². The van der Waals surface area contributed by atoms with Crippen molar-refractivity contribution in [3.63, 3.8) is 0 Å². The molecule has 8 heteroatoms. The molecule has 1 atom stereocenters. The van der Waals surface area contributed by atoms with Crippen molar-refractivity contribution in [1.82, 2.24) is 0 Å². The lowest BCUT2D eigenvalue weighted by molar-refractivity contribution is -0.394. The van der Waals surface area contributed by atoms with E-state index in [0.29, 0.717) is 6.61 Å². The molecule has 1 aliphatic heterocycles. The molecule has 0 radical (unpaired) electrons. The number of nitro benzene ring substituents is 2. The molecule has 1 aliphatic rings. The third-order valence-electron chi connectivity index (χ3n) is 3.30. The molecule has 0 spiro atoms. The Morgan fingerprint density at radius 1 is 1.29 bits per heavy atom. The number of nitro groups is 2. The summed E-state index contributed by atoms with van der Waals surface area (Å²) < 4.78 is 10.8. The molecule has 114 valence electrons. The van der Waals surface area contributed by atoms with Gasteiger partial charge in [0.2, 0.25) is 0 Å². The van der Waals surface area contributed by atoms with Gasteiger partial charge in [0.25, 0.3) is 5.69 Å². The van der Waals surface area contributed by atoms with Gasteiger partial charge in [-0.05, 0) is 31.7 Å². The Morgan fingerprint density at radius 2 is 2.10 bits per heavy atom. The predicted octanol–water partition coefficient (Wildman–Crippen LogP) is 2.84. The van der Waals surface area contributed by atoms with Gasteiger partial charge in [0.15, 0.2) is 5.75 Å². The second kappa shape index (κ2) is 6.98. The van der Waals surface area contributed by atoms with E-state index in [2.05, 4.69) is 0 Å². The summed E-state index contributed by atoms with van der Waals surface area (Å²) in [6.07, 6.45) is 3.93. The number of benzene rings is 1.